The predicted octanol–water partition coefficient (Wildman–Crippen LogP) is 2.31. The van der Waals surface area contributed by atoms with Crippen LogP contribution in [0.2, 0.25) is 0 Å². The molecular formula is C15H15NO5S. The van der Waals surface area contributed by atoms with Crippen LogP contribution in [0.5, 0.6) is 17.2 Å². The maximum atomic E-state index is 11.8. The molecular weight excluding hydrogens is 306 g/mol. The lowest BCUT2D eigenvalue weighted by molar-refractivity contribution is -0.117. The topological polar surface area (TPSA) is 81.7 Å². The second-order valence-electron chi connectivity index (χ2n) is 4.41. The molecule has 0 aliphatic heterocycles. The van der Waals surface area contributed by atoms with Gasteiger partial charge in [-0.05, 0) is 48.5 Å². The molecule has 22 heavy (non-hydrogen) atoms. The van der Waals surface area contributed by atoms with E-state index in [1.54, 1.807) is 31.4 Å². The minimum absolute atomic E-state index is 0.00946. The van der Waals surface area contributed by atoms with Crippen molar-refractivity contribution in [1.82, 2.24) is 4.72 Å². The molecule has 1 amide bonds. The van der Waals surface area contributed by atoms with Gasteiger partial charge in [-0.3, -0.25) is 4.79 Å². The Kier molecular flexibility index (Phi) is 4.67. The maximum Gasteiger partial charge on any atom is 0.264 e. The molecule has 0 atom stereocenters. The third-order valence-electron chi connectivity index (χ3n) is 2.71. The van der Waals surface area contributed by atoms with Crippen LogP contribution in [0.25, 0.3) is 0 Å². The van der Waals surface area contributed by atoms with Crippen molar-refractivity contribution in [3.8, 4) is 17.2 Å². The van der Waals surface area contributed by atoms with Crippen molar-refractivity contribution in [1.29, 1.82) is 0 Å². The summed E-state index contributed by atoms with van der Waals surface area (Å²) >= 11 is 0. The summed E-state index contributed by atoms with van der Waals surface area (Å²) in [7, 11) is -2.26. The van der Waals surface area contributed by atoms with E-state index >= 15 is 0 Å². The third-order valence-corrected chi connectivity index (χ3v) is 4.16. The molecule has 0 saturated heterocycles. The van der Waals surface area contributed by atoms with Gasteiger partial charge in [-0.25, -0.2) is 13.1 Å². The fourth-order valence-corrected chi connectivity index (χ4v) is 2.71. The number of carbonyl (C=O) groups is 1. The van der Waals surface area contributed by atoms with Crippen LogP contribution in [0.1, 0.15) is 6.92 Å². The molecule has 0 spiro atoms. The van der Waals surface area contributed by atoms with Crippen LogP contribution in [0.3, 0.4) is 0 Å². The van der Waals surface area contributed by atoms with Gasteiger partial charge >= 0.3 is 0 Å². The average molecular weight is 321 g/mol. The van der Waals surface area contributed by atoms with E-state index in [1.807, 2.05) is 4.72 Å². The Balaban J connectivity index is 2.13. The molecule has 0 aliphatic rings. The van der Waals surface area contributed by atoms with Crippen LogP contribution in [-0.2, 0) is 14.8 Å². The van der Waals surface area contributed by atoms with E-state index in [2.05, 4.69) is 0 Å². The molecule has 2 rings (SSSR count). The van der Waals surface area contributed by atoms with Gasteiger partial charge in [-0.2, -0.15) is 0 Å². The van der Waals surface area contributed by atoms with E-state index in [0.717, 1.165) is 6.92 Å². The van der Waals surface area contributed by atoms with E-state index in [-0.39, 0.29) is 4.90 Å². The van der Waals surface area contributed by atoms with Crippen molar-refractivity contribution < 1.29 is 22.7 Å². The zero-order valence-corrected chi connectivity index (χ0v) is 12.9. The van der Waals surface area contributed by atoms with E-state index in [4.69, 9.17) is 9.47 Å². The van der Waals surface area contributed by atoms with Crippen molar-refractivity contribution in [2.45, 2.75) is 11.8 Å². The molecule has 6 nitrogen and oxygen atoms in total. The van der Waals surface area contributed by atoms with E-state index < -0.39 is 15.9 Å². The quantitative estimate of drug-likeness (QED) is 0.914. The highest BCUT2D eigenvalue weighted by Gasteiger charge is 2.15. The minimum atomic E-state index is -3.83. The highest BCUT2D eigenvalue weighted by atomic mass is 32.2. The monoisotopic (exact) mass is 321 g/mol. The van der Waals surface area contributed by atoms with Crippen LogP contribution in [0.15, 0.2) is 53.4 Å². The standard InChI is InChI=1S/C15H15NO5S/c1-11(17)16-22(18,19)15-9-7-14(8-10-15)21-13-5-3-12(20-2)4-6-13/h3-10H,1-2H3,(H,16,17). The summed E-state index contributed by atoms with van der Waals surface area (Å²) in [6, 6.07) is 12.7. The first-order valence-corrected chi connectivity index (χ1v) is 7.84. The minimum Gasteiger partial charge on any atom is -0.497 e. The number of hydrogen-bond donors (Lipinski definition) is 1. The van der Waals surface area contributed by atoms with Crippen LogP contribution in [0, 0.1) is 0 Å². The molecule has 2 aromatic rings. The Morgan fingerprint density at radius 1 is 0.909 bits per heavy atom. The van der Waals surface area contributed by atoms with Crippen molar-refractivity contribution in [2.24, 2.45) is 0 Å². The number of benzene rings is 2. The highest BCUT2D eigenvalue weighted by molar-refractivity contribution is 7.90. The predicted molar refractivity (Wildman–Crippen MR) is 80.5 cm³/mol. The van der Waals surface area contributed by atoms with Crippen LogP contribution < -0.4 is 14.2 Å². The fraction of sp³-hybridized carbons (Fsp3) is 0.133. The van der Waals surface area contributed by atoms with Gasteiger partial charge in [0.1, 0.15) is 17.2 Å². The highest BCUT2D eigenvalue weighted by Crippen LogP contribution is 2.24. The molecule has 0 saturated carbocycles. The number of sulfonamides is 1. The van der Waals surface area contributed by atoms with Gasteiger partial charge in [0.05, 0.1) is 12.0 Å². The van der Waals surface area contributed by atoms with Crippen LogP contribution in [-0.4, -0.2) is 21.4 Å². The molecule has 2 aromatic carbocycles. The normalized spacial score (nSPS) is 10.8. The first-order valence-electron chi connectivity index (χ1n) is 6.36. The summed E-state index contributed by atoms with van der Waals surface area (Å²) in [6.45, 7) is 1.14. The molecule has 1 N–H and O–H groups in total. The van der Waals surface area contributed by atoms with E-state index in [9.17, 15) is 13.2 Å². The molecule has 7 heteroatoms. The smallest absolute Gasteiger partial charge is 0.264 e. The number of nitrogens with one attached hydrogen (secondary N) is 1. The Hall–Kier alpha value is -2.54. The lowest BCUT2D eigenvalue weighted by Gasteiger charge is -2.08. The second-order valence-corrected chi connectivity index (χ2v) is 6.09. The summed E-state index contributed by atoms with van der Waals surface area (Å²) in [5, 5.41) is 0. The summed E-state index contributed by atoms with van der Waals surface area (Å²) in [6.07, 6.45) is 0. The van der Waals surface area contributed by atoms with Crippen molar-refractivity contribution >= 4 is 15.9 Å². The lowest BCUT2D eigenvalue weighted by Crippen LogP contribution is -2.28. The Bertz CT molecular complexity index is 752. The zero-order valence-electron chi connectivity index (χ0n) is 12.1. The van der Waals surface area contributed by atoms with Gasteiger partial charge in [0, 0.05) is 6.92 Å². The molecule has 116 valence electrons. The number of methoxy groups -OCH3 is 1. The Morgan fingerprint density at radius 3 is 1.82 bits per heavy atom. The molecule has 0 radical (unpaired) electrons. The average Bonchev–Trinajstić information content (AvgIpc) is 2.47. The van der Waals surface area contributed by atoms with Gasteiger partial charge in [0.25, 0.3) is 10.0 Å². The molecule has 0 fully saturated rings. The molecule has 0 heterocycles. The number of carbonyl (C=O) groups excluding carboxylic acids is 1. The van der Waals surface area contributed by atoms with Crippen LogP contribution in [0.4, 0.5) is 0 Å². The lowest BCUT2D eigenvalue weighted by atomic mass is 10.3. The van der Waals surface area contributed by atoms with Crippen molar-refractivity contribution in [2.75, 3.05) is 7.11 Å². The Labute approximate surface area is 128 Å². The molecule has 0 aliphatic carbocycles. The summed E-state index contributed by atoms with van der Waals surface area (Å²) in [4.78, 5) is 10.9. The summed E-state index contributed by atoms with van der Waals surface area (Å²) in [5.41, 5.74) is 0. The maximum absolute atomic E-state index is 11.8. The molecule has 0 aromatic heterocycles. The number of ether oxygens (including phenoxy) is 2. The number of hydrogen-bond acceptors (Lipinski definition) is 5. The number of rotatable bonds is 5. The second kappa shape index (κ2) is 6.48. The molecule has 0 bridgehead atoms. The van der Waals surface area contributed by atoms with Gasteiger partial charge < -0.3 is 9.47 Å². The fourth-order valence-electron chi connectivity index (χ4n) is 1.71. The van der Waals surface area contributed by atoms with Crippen molar-refractivity contribution in [3.63, 3.8) is 0 Å². The first-order chi connectivity index (χ1) is 10.4. The first kappa shape index (κ1) is 15.8. The summed E-state index contributed by atoms with van der Waals surface area (Å²) in [5.74, 6) is 1.15. The van der Waals surface area contributed by atoms with E-state index in [1.165, 1.54) is 24.3 Å². The SMILES string of the molecule is COc1ccc(Oc2ccc(S(=O)(=O)NC(C)=O)cc2)cc1. The van der Waals surface area contributed by atoms with Crippen molar-refractivity contribution in [3.05, 3.63) is 48.5 Å². The third kappa shape index (κ3) is 3.98. The Morgan fingerprint density at radius 2 is 1.36 bits per heavy atom. The van der Waals surface area contributed by atoms with Crippen LogP contribution >= 0.6 is 0 Å². The zero-order chi connectivity index (χ0) is 16.2. The van der Waals surface area contributed by atoms with Gasteiger partial charge in [-0.15, -0.1) is 0 Å². The van der Waals surface area contributed by atoms with Gasteiger partial charge in [0.15, 0.2) is 0 Å². The van der Waals surface area contributed by atoms with E-state index in [0.29, 0.717) is 17.2 Å². The largest absolute Gasteiger partial charge is 0.497 e. The summed E-state index contributed by atoms with van der Waals surface area (Å²) < 4.78 is 36.1. The number of amides is 1. The van der Waals surface area contributed by atoms with Gasteiger partial charge in [-0.1, -0.05) is 0 Å². The van der Waals surface area contributed by atoms with Gasteiger partial charge in [0.2, 0.25) is 5.91 Å². The molecule has 0 unspecified atom stereocenters.